The Kier molecular flexibility index (Phi) is 5.47. The van der Waals surface area contributed by atoms with Crippen LogP contribution in [0.15, 0.2) is 42.5 Å². The van der Waals surface area contributed by atoms with Crippen molar-refractivity contribution >= 4 is 0 Å². The molecule has 0 bridgehead atoms. The van der Waals surface area contributed by atoms with E-state index in [1.807, 2.05) is 0 Å². The molecule has 1 heteroatoms. The monoisotopic (exact) mass is 243 g/mol. The van der Waals surface area contributed by atoms with Crippen LogP contribution in [0.2, 0.25) is 0 Å². The zero-order chi connectivity index (χ0) is 12.6. The number of benzene rings is 1. The van der Waals surface area contributed by atoms with Crippen molar-refractivity contribution in [2.24, 2.45) is 5.92 Å². The Morgan fingerprint density at radius 3 is 2.78 bits per heavy atom. The van der Waals surface area contributed by atoms with Gasteiger partial charge in [-0.05, 0) is 43.7 Å². The first-order valence-electron chi connectivity index (χ1n) is 7.37. The zero-order valence-corrected chi connectivity index (χ0v) is 11.4. The highest BCUT2D eigenvalue weighted by atomic mass is 14.9. The van der Waals surface area contributed by atoms with Crippen molar-refractivity contribution in [3.63, 3.8) is 0 Å². The Morgan fingerprint density at radius 2 is 2.11 bits per heavy atom. The molecule has 0 aromatic heterocycles. The maximum absolute atomic E-state index is 3.76. The summed E-state index contributed by atoms with van der Waals surface area (Å²) in [5.74, 6) is 0.665. The van der Waals surface area contributed by atoms with Crippen LogP contribution in [0.1, 0.15) is 50.6 Å². The molecule has 98 valence electrons. The largest absolute Gasteiger partial charge is 0.309 e. The van der Waals surface area contributed by atoms with Crippen molar-refractivity contribution in [1.82, 2.24) is 5.32 Å². The van der Waals surface area contributed by atoms with Crippen LogP contribution in [-0.4, -0.2) is 6.54 Å². The molecule has 0 saturated carbocycles. The topological polar surface area (TPSA) is 12.0 Å². The molecule has 0 unspecified atom stereocenters. The van der Waals surface area contributed by atoms with E-state index in [2.05, 4.69) is 54.7 Å². The highest BCUT2D eigenvalue weighted by molar-refractivity contribution is 5.21. The molecule has 0 fully saturated rings. The summed E-state index contributed by atoms with van der Waals surface area (Å²) in [5.41, 5.74) is 1.44. The van der Waals surface area contributed by atoms with E-state index >= 15 is 0 Å². The van der Waals surface area contributed by atoms with Gasteiger partial charge in [-0.25, -0.2) is 0 Å². The summed E-state index contributed by atoms with van der Waals surface area (Å²) in [7, 11) is 0. The quantitative estimate of drug-likeness (QED) is 0.574. The maximum atomic E-state index is 3.76. The smallest absolute Gasteiger partial charge is 0.0383 e. The molecule has 0 amide bonds. The van der Waals surface area contributed by atoms with Gasteiger partial charge in [0.05, 0.1) is 0 Å². The minimum absolute atomic E-state index is 0.495. The van der Waals surface area contributed by atoms with Crippen molar-refractivity contribution in [1.29, 1.82) is 0 Å². The van der Waals surface area contributed by atoms with Gasteiger partial charge in [0, 0.05) is 6.04 Å². The average molecular weight is 243 g/mol. The summed E-state index contributed by atoms with van der Waals surface area (Å²) in [4.78, 5) is 0. The standard InChI is InChI=1S/C17H25N/c1-2-3-14-18-17(15-10-6-4-7-11-15)16-12-8-5-9-13-16/h4,6-8,10-12,16-18H,2-3,5,9,13-14H2,1H3/t16-,17-/m0/s1. The van der Waals surface area contributed by atoms with E-state index in [4.69, 9.17) is 0 Å². The first kappa shape index (κ1) is 13.4. The second-order valence-electron chi connectivity index (χ2n) is 5.22. The Labute approximate surface area is 111 Å². The van der Waals surface area contributed by atoms with Gasteiger partial charge in [-0.3, -0.25) is 0 Å². The van der Waals surface area contributed by atoms with E-state index < -0.39 is 0 Å². The van der Waals surface area contributed by atoms with Crippen LogP contribution in [-0.2, 0) is 0 Å². The van der Waals surface area contributed by atoms with Crippen molar-refractivity contribution in [3.8, 4) is 0 Å². The number of rotatable bonds is 6. The number of allylic oxidation sites excluding steroid dienone is 1. The molecule has 0 radical (unpaired) electrons. The van der Waals surface area contributed by atoms with Gasteiger partial charge in [0.2, 0.25) is 0 Å². The molecular weight excluding hydrogens is 218 g/mol. The highest BCUT2D eigenvalue weighted by Crippen LogP contribution is 2.30. The first-order valence-corrected chi connectivity index (χ1v) is 7.37. The molecule has 1 N–H and O–H groups in total. The lowest BCUT2D eigenvalue weighted by Crippen LogP contribution is -2.29. The highest BCUT2D eigenvalue weighted by Gasteiger charge is 2.21. The van der Waals surface area contributed by atoms with E-state index in [0.29, 0.717) is 12.0 Å². The van der Waals surface area contributed by atoms with Gasteiger partial charge in [0.25, 0.3) is 0 Å². The van der Waals surface area contributed by atoms with Gasteiger partial charge in [-0.1, -0.05) is 55.8 Å². The summed E-state index contributed by atoms with van der Waals surface area (Å²) in [6.45, 7) is 3.38. The minimum atomic E-state index is 0.495. The second-order valence-corrected chi connectivity index (χ2v) is 5.22. The fourth-order valence-corrected chi connectivity index (χ4v) is 2.73. The predicted octanol–water partition coefficient (Wildman–Crippen LogP) is 4.47. The molecule has 1 aliphatic rings. The molecule has 0 spiro atoms. The van der Waals surface area contributed by atoms with Crippen LogP contribution in [0.5, 0.6) is 0 Å². The molecule has 2 atom stereocenters. The summed E-state index contributed by atoms with van der Waals surface area (Å²) in [6.07, 6.45) is 11.2. The van der Waals surface area contributed by atoms with Gasteiger partial charge in [-0.2, -0.15) is 0 Å². The molecule has 0 aliphatic heterocycles. The number of hydrogen-bond acceptors (Lipinski definition) is 1. The van der Waals surface area contributed by atoms with Crippen LogP contribution in [0.4, 0.5) is 0 Å². The molecule has 1 aromatic carbocycles. The Morgan fingerprint density at radius 1 is 1.28 bits per heavy atom. The second kappa shape index (κ2) is 7.38. The molecule has 1 aromatic rings. The Balaban J connectivity index is 2.07. The predicted molar refractivity (Wildman–Crippen MR) is 78.6 cm³/mol. The fourth-order valence-electron chi connectivity index (χ4n) is 2.73. The molecule has 2 rings (SSSR count). The third kappa shape index (κ3) is 3.71. The van der Waals surface area contributed by atoms with Crippen LogP contribution in [0.3, 0.4) is 0 Å². The van der Waals surface area contributed by atoms with Crippen LogP contribution >= 0.6 is 0 Å². The van der Waals surface area contributed by atoms with Gasteiger partial charge in [0.1, 0.15) is 0 Å². The van der Waals surface area contributed by atoms with E-state index in [1.54, 1.807) is 0 Å². The van der Waals surface area contributed by atoms with E-state index in [0.717, 1.165) is 6.54 Å². The van der Waals surface area contributed by atoms with Crippen molar-refractivity contribution < 1.29 is 0 Å². The van der Waals surface area contributed by atoms with Crippen molar-refractivity contribution in [2.75, 3.05) is 6.54 Å². The number of nitrogens with one attached hydrogen (secondary N) is 1. The van der Waals surface area contributed by atoms with Gasteiger partial charge in [0.15, 0.2) is 0 Å². The average Bonchev–Trinajstić information content (AvgIpc) is 2.46. The van der Waals surface area contributed by atoms with Crippen molar-refractivity contribution in [3.05, 3.63) is 48.0 Å². The van der Waals surface area contributed by atoms with Crippen LogP contribution < -0.4 is 5.32 Å². The summed E-state index contributed by atoms with van der Waals surface area (Å²) in [6, 6.07) is 11.4. The third-order valence-electron chi connectivity index (χ3n) is 3.77. The molecule has 0 saturated heterocycles. The Bertz CT molecular complexity index is 355. The van der Waals surface area contributed by atoms with Crippen LogP contribution in [0.25, 0.3) is 0 Å². The first-order chi connectivity index (χ1) is 8.92. The van der Waals surface area contributed by atoms with Gasteiger partial charge in [-0.15, -0.1) is 0 Å². The summed E-state index contributed by atoms with van der Waals surface area (Å²) in [5, 5.41) is 3.76. The lowest BCUT2D eigenvalue weighted by atomic mass is 9.85. The van der Waals surface area contributed by atoms with E-state index in [-0.39, 0.29) is 0 Å². The molecular formula is C17H25N. The zero-order valence-electron chi connectivity index (χ0n) is 11.4. The summed E-state index contributed by atoms with van der Waals surface area (Å²) < 4.78 is 0. The van der Waals surface area contributed by atoms with Crippen molar-refractivity contribution in [2.45, 2.75) is 45.1 Å². The Hall–Kier alpha value is -1.08. The third-order valence-corrected chi connectivity index (χ3v) is 3.77. The fraction of sp³-hybridized carbons (Fsp3) is 0.529. The van der Waals surface area contributed by atoms with E-state index in [9.17, 15) is 0 Å². The lowest BCUT2D eigenvalue weighted by Gasteiger charge is -2.28. The minimum Gasteiger partial charge on any atom is -0.309 e. The maximum Gasteiger partial charge on any atom is 0.0383 e. The molecule has 1 nitrogen and oxygen atoms in total. The summed E-state index contributed by atoms with van der Waals surface area (Å²) >= 11 is 0. The normalized spacial score (nSPS) is 20.8. The number of unbranched alkanes of at least 4 members (excludes halogenated alkanes) is 1. The lowest BCUT2D eigenvalue weighted by molar-refractivity contribution is 0.380. The van der Waals surface area contributed by atoms with Gasteiger partial charge < -0.3 is 5.32 Å². The van der Waals surface area contributed by atoms with Crippen LogP contribution in [0, 0.1) is 5.92 Å². The SMILES string of the molecule is CCCCN[C@@H](c1ccccc1)[C@H]1C=CCCC1. The number of hydrogen-bond donors (Lipinski definition) is 1. The molecule has 0 heterocycles. The molecule has 1 aliphatic carbocycles. The van der Waals surface area contributed by atoms with Gasteiger partial charge >= 0.3 is 0 Å². The van der Waals surface area contributed by atoms with E-state index in [1.165, 1.54) is 37.7 Å². The molecule has 18 heavy (non-hydrogen) atoms.